The molecule has 5 rings (SSSR count). The quantitative estimate of drug-likeness (QED) is 0.752. The van der Waals surface area contributed by atoms with E-state index >= 15 is 0 Å². The normalized spacial score (nSPS) is 29.7. The highest BCUT2D eigenvalue weighted by molar-refractivity contribution is 6.01. The lowest BCUT2D eigenvalue weighted by molar-refractivity contribution is -0.131. The first-order chi connectivity index (χ1) is 13.6. The van der Waals surface area contributed by atoms with E-state index in [9.17, 15) is 4.79 Å². The fourth-order valence-electron chi connectivity index (χ4n) is 6.09. The van der Waals surface area contributed by atoms with Gasteiger partial charge in [0.15, 0.2) is 5.60 Å². The molecule has 0 bridgehead atoms. The van der Waals surface area contributed by atoms with Gasteiger partial charge in [0.1, 0.15) is 0 Å². The van der Waals surface area contributed by atoms with E-state index < -0.39 is 5.60 Å². The summed E-state index contributed by atoms with van der Waals surface area (Å²) in [7, 11) is 0. The van der Waals surface area contributed by atoms with E-state index in [0.29, 0.717) is 17.4 Å². The van der Waals surface area contributed by atoms with Gasteiger partial charge in [0.25, 0.3) is 11.9 Å². The number of amides is 1. The van der Waals surface area contributed by atoms with Crippen molar-refractivity contribution in [2.45, 2.75) is 82.1 Å². The van der Waals surface area contributed by atoms with Crippen LogP contribution in [0.5, 0.6) is 0 Å². The van der Waals surface area contributed by atoms with Crippen molar-refractivity contribution >= 4 is 11.9 Å². The van der Waals surface area contributed by atoms with Gasteiger partial charge in [-0.2, -0.15) is 4.99 Å². The SMILES string of the molecule is CC1(CC2CCCCC2)OC(N2CCC3(CCc4ccccc43)CC2)=NC1=O. The van der Waals surface area contributed by atoms with Crippen LogP contribution in [0, 0.1) is 5.92 Å². The minimum absolute atomic E-state index is 0.0698. The number of benzene rings is 1. The second-order valence-corrected chi connectivity index (χ2v) is 9.67. The summed E-state index contributed by atoms with van der Waals surface area (Å²) in [5.41, 5.74) is 2.66. The first-order valence-corrected chi connectivity index (χ1v) is 11.2. The van der Waals surface area contributed by atoms with Gasteiger partial charge in [-0.15, -0.1) is 0 Å². The fourth-order valence-corrected chi connectivity index (χ4v) is 6.09. The molecular formula is C24H32N2O2. The first-order valence-electron chi connectivity index (χ1n) is 11.2. The van der Waals surface area contributed by atoms with E-state index in [0.717, 1.165) is 32.4 Å². The molecule has 4 heteroatoms. The predicted octanol–water partition coefficient (Wildman–Crippen LogP) is 4.61. The van der Waals surface area contributed by atoms with Crippen LogP contribution in [-0.2, 0) is 21.4 Å². The summed E-state index contributed by atoms with van der Waals surface area (Å²) < 4.78 is 6.25. The third-order valence-corrected chi connectivity index (χ3v) is 7.82. The van der Waals surface area contributed by atoms with Gasteiger partial charge in [-0.25, -0.2) is 0 Å². The number of rotatable bonds is 2. The zero-order chi connectivity index (χ0) is 19.2. The van der Waals surface area contributed by atoms with Crippen molar-refractivity contribution in [3.05, 3.63) is 35.4 Å². The average Bonchev–Trinajstić information content (AvgIpc) is 3.22. The number of aryl methyl sites for hydroxylation is 1. The largest absolute Gasteiger partial charge is 0.448 e. The number of hydrogen-bond acceptors (Lipinski definition) is 3. The lowest BCUT2D eigenvalue weighted by Crippen LogP contribution is -2.46. The molecule has 28 heavy (non-hydrogen) atoms. The number of amidine groups is 1. The lowest BCUT2D eigenvalue weighted by atomic mass is 9.74. The van der Waals surface area contributed by atoms with Gasteiger partial charge in [0.05, 0.1) is 0 Å². The van der Waals surface area contributed by atoms with Crippen LogP contribution >= 0.6 is 0 Å². The Morgan fingerprint density at radius 1 is 1.11 bits per heavy atom. The van der Waals surface area contributed by atoms with E-state index in [1.807, 2.05) is 6.92 Å². The van der Waals surface area contributed by atoms with Crippen molar-refractivity contribution in [2.24, 2.45) is 10.9 Å². The Morgan fingerprint density at radius 2 is 1.86 bits per heavy atom. The number of ether oxygens (including phenoxy) is 1. The molecule has 1 aromatic rings. The zero-order valence-corrected chi connectivity index (χ0v) is 17.1. The van der Waals surface area contributed by atoms with Crippen molar-refractivity contribution in [1.82, 2.24) is 4.90 Å². The molecule has 1 saturated carbocycles. The van der Waals surface area contributed by atoms with Gasteiger partial charge in [0.2, 0.25) is 0 Å². The highest BCUT2D eigenvalue weighted by atomic mass is 16.5. The van der Waals surface area contributed by atoms with Crippen LogP contribution in [0.15, 0.2) is 29.3 Å². The fraction of sp³-hybridized carbons (Fsp3) is 0.667. The molecule has 0 radical (unpaired) electrons. The number of nitrogens with zero attached hydrogens (tertiary/aromatic N) is 2. The highest BCUT2D eigenvalue weighted by Gasteiger charge is 2.47. The van der Waals surface area contributed by atoms with Crippen LogP contribution in [0.2, 0.25) is 0 Å². The Hall–Kier alpha value is -1.84. The number of carbonyl (C=O) groups is 1. The molecule has 1 atom stereocenters. The highest BCUT2D eigenvalue weighted by Crippen LogP contribution is 2.46. The summed E-state index contributed by atoms with van der Waals surface area (Å²) in [5, 5.41) is 0. The molecule has 2 aliphatic carbocycles. The summed E-state index contributed by atoms with van der Waals surface area (Å²) in [6, 6.07) is 9.54. The Bertz CT molecular complexity index is 788. The Morgan fingerprint density at radius 3 is 2.64 bits per heavy atom. The van der Waals surface area contributed by atoms with Crippen molar-refractivity contribution < 1.29 is 9.53 Å². The van der Waals surface area contributed by atoms with Crippen LogP contribution in [0.25, 0.3) is 0 Å². The van der Waals surface area contributed by atoms with Gasteiger partial charge in [-0.1, -0.05) is 56.4 Å². The molecule has 1 saturated heterocycles. The van der Waals surface area contributed by atoms with Gasteiger partial charge in [-0.05, 0) is 61.5 Å². The zero-order valence-electron chi connectivity index (χ0n) is 17.1. The molecule has 1 unspecified atom stereocenters. The lowest BCUT2D eigenvalue weighted by Gasteiger charge is -2.41. The topological polar surface area (TPSA) is 41.9 Å². The minimum atomic E-state index is -0.744. The predicted molar refractivity (Wildman–Crippen MR) is 110 cm³/mol. The summed E-state index contributed by atoms with van der Waals surface area (Å²) in [6.07, 6.45) is 11.9. The second-order valence-electron chi connectivity index (χ2n) is 9.67. The number of piperidine rings is 1. The molecule has 4 nitrogen and oxygen atoms in total. The molecule has 1 amide bonds. The number of aliphatic imine (C=N–C) groups is 1. The number of hydrogen-bond donors (Lipinski definition) is 0. The second kappa shape index (κ2) is 6.89. The molecule has 150 valence electrons. The Labute approximate surface area is 168 Å². The number of fused-ring (bicyclic) bond motifs is 2. The van der Waals surface area contributed by atoms with Crippen molar-refractivity contribution in [1.29, 1.82) is 0 Å². The summed E-state index contributed by atoms with van der Waals surface area (Å²) in [4.78, 5) is 19.3. The average molecular weight is 381 g/mol. The monoisotopic (exact) mass is 380 g/mol. The Balaban J connectivity index is 1.24. The third kappa shape index (κ3) is 3.05. The molecule has 0 aromatic heterocycles. The maximum Gasteiger partial charge on any atom is 0.296 e. The van der Waals surface area contributed by atoms with Gasteiger partial charge < -0.3 is 9.64 Å². The van der Waals surface area contributed by atoms with Crippen molar-refractivity contribution in [3.8, 4) is 0 Å². The van der Waals surface area contributed by atoms with Gasteiger partial charge in [0, 0.05) is 13.1 Å². The van der Waals surface area contributed by atoms with E-state index in [-0.39, 0.29) is 5.91 Å². The molecule has 0 N–H and O–H groups in total. The summed E-state index contributed by atoms with van der Waals surface area (Å²) >= 11 is 0. The van der Waals surface area contributed by atoms with Crippen molar-refractivity contribution in [3.63, 3.8) is 0 Å². The van der Waals surface area contributed by atoms with Gasteiger partial charge >= 0.3 is 0 Å². The number of carbonyl (C=O) groups excluding carboxylic acids is 1. The molecule has 2 fully saturated rings. The third-order valence-electron chi connectivity index (χ3n) is 7.82. The van der Waals surface area contributed by atoms with E-state index in [4.69, 9.17) is 4.74 Å². The van der Waals surface area contributed by atoms with Crippen LogP contribution in [-0.4, -0.2) is 35.5 Å². The molecule has 2 heterocycles. The molecule has 4 aliphatic rings. The van der Waals surface area contributed by atoms with Crippen LogP contribution in [0.4, 0.5) is 0 Å². The van der Waals surface area contributed by atoms with Gasteiger partial charge in [-0.3, -0.25) is 4.79 Å². The maximum absolute atomic E-state index is 12.7. The molecule has 2 aliphatic heterocycles. The summed E-state index contributed by atoms with van der Waals surface area (Å²) in [6.45, 7) is 3.82. The Kier molecular flexibility index (Phi) is 4.48. The van der Waals surface area contributed by atoms with E-state index in [1.54, 1.807) is 5.56 Å². The summed E-state index contributed by atoms with van der Waals surface area (Å²) in [5.74, 6) is 0.538. The first kappa shape index (κ1) is 18.2. The molecule has 1 aromatic carbocycles. The van der Waals surface area contributed by atoms with Crippen LogP contribution in [0.3, 0.4) is 0 Å². The van der Waals surface area contributed by atoms with E-state index in [1.165, 1.54) is 50.5 Å². The molecular weight excluding hydrogens is 348 g/mol. The molecule has 1 spiro atoms. The van der Waals surface area contributed by atoms with E-state index in [2.05, 4.69) is 34.2 Å². The van der Waals surface area contributed by atoms with Crippen LogP contribution in [0.1, 0.15) is 75.8 Å². The standard InChI is InChI=1S/C24H32N2O2/c1-23(17-18-7-3-2-4-8-18)21(27)25-22(28-23)26-15-13-24(14-16-26)12-11-19-9-5-6-10-20(19)24/h5-6,9-10,18H,2-4,7-8,11-17H2,1H3. The maximum atomic E-state index is 12.7. The van der Waals surface area contributed by atoms with Crippen molar-refractivity contribution in [2.75, 3.05) is 13.1 Å². The van der Waals surface area contributed by atoms with Crippen LogP contribution < -0.4 is 0 Å². The minimum Gasteiger partial charge on any atom is -0.448 e. The smallest absolute Gasteiger partial charge is 0.296 e. The number of likely N-dealkylation sites (tertiary alicyclic amines) is 1.